The van der Waals surface area contributed by atoms with Gasteiger partial charge in [-0.15, -0.1) is 0 Å². The Labute approximate surface area is 105 Å². The molecule has 0 bridgehead atoms. The number of aryl methyl sites for hydroxylation is 2. The smallest absolute Gasteiger partial charge is 0.249 e. The van der Waals surface area contributed by atoms with Crippen molar-refractivity contribution >= 4 is 17.8 Å². The highest BCUT2D eigenvalue weighted by molar-refractivity contribution is 6.01. The summed E-state index contributed by atoms with van der Waals surface area (Å²) in [6, 6.07) is 3.66. The predicted molar refractivity (Wildman–Crippen MR) is 69.1 cm³/mol. The molecule has 0 aromatic carbocycles. The third-order valence-electron chi connectivity index (χ3n) is 2.51. The maximum Gasteiger partial charge on any atom is 0.249 e. The fraction of sp³-hybridized carbons (Fsp3) is 0.231. The van der Waals surface area contributed by atoms with Crippen molar-refractivity contribution in [3.63, 3.8) is 0 Å². The van der Waals surface area contributed by atoms with E-state index in [0.29, 0.717) is 11.6 Å². The summed E-state index contributed by atoms with van der Waals surface area (Å²) in [6.07, 6.45) is 5.57. The molecule has 5 nitrogen and oxygen atoms in total. The summed E-state index contributed by atoms with van der Waals surface area (Å²) in [6.45, 7) is 3.86. The summed E-state index contributed by atoms with van der Waals surface area (Å²) in [7, 11) is 0. The molecule has 94 valence electrons. The lowest BCUT2D eigenvalue weighted by atomic mass is 10.2. The van der Waals surface area contributed by atoms with E-state index in [2.05, 4.69) is 15.5 Å². The number of nitrogens with one attached hydrogen (secondary N) is 2. The van der Waals surface area contributed by atoms with Gasteiger partial charge in [-0.05, 0) is 31.6 Å². The third-order valence-corrected chi connectivity index (χ3v) is 2.51. The average molecular weight is 245 g/mol. The number of furan rings is 1. The van der Waals surface area contributed by atoms with E-state index in [0.717, 1.165) is 17.7 Å². The second-order valence-corrected chi connectivity index (χ2v) is 3.89. The molecule has 2 rings (SSSR count). The van der Waals surface area contributed by atoms with Crippen LogP contribution in [-0.4, -0.2) is 16.1 Å². The van der Waals surface area contributed by atoms with Gasteiger partial charge in [-0.1, -0.05) is 6.92 Å². The van der Waals surface area contributed by atoms with Gasteiger partial charge >= 0.3 is 0 Å². The lowest BCUT2D eigenvalue weighted by Gasteiger charge is -2.00. The first-order chi connectivity index (χ1) is 8.69. The SMILES string of the molecule is CCc1cn[nH]c1NC(=O)/C=C/c1ccc(C)o1. The van der Waals surface area contributed by atoms with Gasteiger partial charge in [0.1, 0.15) is 17.3 Å². The fourth-order valence-corrected chi connectivity index (χ4v) is 1.55. The second-order valence-electron chi connectivity index (χ2n) is 3.89. The summed E-state index contributed by atoms with van der Waals surface area (Å²) >= 11 is 0. The largest absolute Gasteiger partial charge is 0.462 e. The van der Waals surface area contributed by atoms with Crippen LogP contribution in [0.1, 0.15) is 24.0 Å². The molecule has 0 unspecified atom stereocenters. The van der Waals surface area contributed by atoms with Gasteiger partial charge < -0.3 is 9.73 Å². The van der Waals surface area contributed by atoms with Crippen LogP contribution in [0.15, 0.2) is 28.8 Å². The summed E-state index contributed by atoms with van der Waals surface area (Å²) in [5, 5.41) is 9.37. The zero-order valence-electron chi connectivity index (χ0n) is 10.4. The van der Waals surface area contributed by atoms with Crippen LogP contribution in [0.4, 0.5) is 5.82 Å². The Bertz CT molecular complexity index is 566. The minimum Gasteiger partial charge on any atom is -0.462 e. The number of aromatic nitrogens is 2. The summed E-state index contributed by atoms with van der Waals surface area (Å²) in [5.74, 6) is 1.89. The molecule has 5 heteroatoms. The van der Waals surface area contributed by atoms with Crippen LogP contribution in [0.3, 0.4) is 0 Å². The normalized spacial score (nSPS) is 11.0. The molecule has 2 aromatic rings. The first kappa shape index (κ1) is 12.2. The van der Waals surface area contributed by atoms with Gasteiger partial charge in [0.25, 0.3) is 0 Å². The van der Waals surface area contributed by atoms with Gasteiger partial charge in [-0.25, -0.2) is 0 Å². The molecule has 0 fully saturated rings. The molecule has 0 aliphatic rings. The monoisotopic (exact) mass is 245 g/mol. The molecule has 0 spiro atoms. The first-order valence-electron chi connectivity index (χ1n) is 5.76. The minimum atomic E-state index is -0.219. The number of hydrogen-bond acceptors (Lipinski definition) is 3. The van der Waals surface area contributed by atoms with Gasteiger partial charge in [-0.3, -0.25) is 9.89 Å². The summed E-state index contributed by atoms with van der Waals surface area (Å²) < 4.78 is 5.33. The van der Waals surface area contributed by atoms with E-state index in [1.54, 1.807) is 12.3 Å². The summed E-state index contributed by atoms with van der Waals surface area (Å²) in [5.41, 5.74) is 0.977. The number of amides is 1. The van der Waals surface area contributed by atoms with Crippen molar-refractivity contribution in [2.45, 2.75) is 20.3 Å². The Morgan fingerprint density at radius 2 is 2.39 bits per heavy atom. The fourth-order valence-electron chi connectivity index (χ4n) is 1.55. The van der Waals surface area contributed by atoms with Crippen molar-refractivity contribution in [1.29, 1.82) is 0 Å². The third kappa shape index (κ3) is 2.88. The van der Waals surface area contributed by atoms with E-state index < -0.39 is 0 Å². The van der Waals surface area contributed by atoms with Crippen molar-refractivity contribution in [2.75, 3.05) is 5.32 Å². The molecule has 0 saturated heterocycles. The number of aromatic amines is 1. The van der Waals surface area contributed by atoms with Gasteiger partial charge in [0.15, 0.2) is 0 Å². The molecule has 0 aliphatic carbocycles. The van der Waals surface area contributed by atoms with Crippen LogP contribution in [-0.2, 0) is 11.2 Å². The van der Waals surface area contributed by atoms with E-state index in [1.807, 2.05) is 26.0 Å². The number of carbonyl (C=O) groups is 1. The van der Waals surface area contributed by atoms with E-state index in [-0.39, 0.29) is 5.91 Å². The first-order valence-corrected chi connectivity index (χ1v) is 5.76. The Morgan fingerprint density at radius 1 is 1.56 bits per heavy atom. The molecule has 2 heterocycles. The lowest BCUT2D eigenvalue weighted by Crippen LogP contribution is -2.09. The molecule has 1 amide bonds. The maximum absolute atomic E-state index is 11.7. The second kappa shape index (κ2) is 5.35. The molecule has 0 radical (unpaired) electrons. The zero-order valence-corrected chi connectivity index (χ0v) is 10.4. The molecular weight excluding hydrogens is 230 g/mol. The van der Waals surface area contributed by atoms with E-state index in [1.165, 1.54) is 6.08 Å². The van der Waals surface area contributed by atoms with E-state index in [9.17, 15) is 4.79 Å². The van der Waals surface area contributed by atoms with Crippen LogP contribution in [0.5, 0.6) is 0 Å². The van der Waals surface area contributed by atoms with Crippen molar-refractivity contribution in [2.24, 2.45) is 0 Å². The highest BCUT2D eigenvalue weighted by Gasteiger charge is 2.05. The molecule has 18 heavy (non-hydrogen) atoms. The number of H-pyrrole nitrogens is 1. The predicted octanol–water partition coefficient (Wildman–Crippen LogP) is 2.53. The average Bonchev–Trinajstić information content (AvgIpc) is 2.95. The highest BCUT2D eigenvalue weighted by Crippen LogP contribution is 2.12. The van der Waals surface area contributed by atoms with Crippen molar-refractivity contribution in [3.05, 3.63) is 41.5 Å². The van der Waals surface area contributed by atoms with Gasteiger partial charge in [0.05, 0.1) is 6.20 Å². The number of nitrogens with zero attached hydrogens (tertiary/aromatic N) is 1. The number of hydrogen-bond donors (Lipinski definition) is 2. The van der Waals surface area contributed by atoms with Crippen molar-refractivity contribution in [3.8, 4) is 0 Å². The zero-order chi connectivity index (χ0) is 13.0. The van der Waals surface area contributed by atoms with E-state index >= 15 is 0 Å². The Morgan fingerprint density at radius 3 is 3.06 bits per heavy atom. The minimum absolute atomic E-state index is 0.219. The van der Waals surface area contributed by atoms with Gasteiger partial charge in [0.2, 0.25) is 5.91 Å². The Hall–Kier alpha value is -2.30. The van der Waals surface area contributed by atoms with Crippen LogP contribution in [0.2, 0.25) is 0 Å². The number of carbonyl (C=O) groups excluding carboxylic acids is 1. The highest BCUT2D eigenvalue weighted by atomic mass is 16.3. The standard InChI is InChI=1S/C13H15N3O2/c1-3-10-8-14-16-13(10)15-12(17)7-6-11-5-4-9(2)18-11/h4-8H,3H2,1-2H3,(H2,14,15,16,17)/b7-6+. The Kier molecular flexibility index (Phi) is 3.62. The van der Waals surface area contributed by atoms with Gasteiger partial charge in [0, 0.05) is 11.6 Å². The lowest BCUT2D eigenvalue weighted by molar-refractivity contribution is -0.111. The molecule has 2 aromatic heterocycles. The van der Waals surface area contributed by atoms with Crippen LogP contribution >= 0.6 is 0 Å². The van der Waals surface area contributed by atoms with E-state index in [4.69, 9.17) is 4.42 Å². The van der Waals surface area contributed by atoms with Crippen LogP contribution < -0.4 is 5.32 Å². The molecule has 2 N–H and O–H groups in total. The quantitative estimate of drug-likeness (QED) is 0.813. The molecular formula is C13H15N3O2. The number of anilines is 1. The van der Waals surface area contributed by atoms with Gasteiger partial charge in [-0.2, -0.15) is 5.10 Å². The van der Waals surface area contributed by atoms with Crippen LogP contribution in [0, 0.1) is 6.92 Å². The molecule has 0 atom stereocenters. The van der Waals surface area contributed by atoms with Crippen LogP contribution in [0.25, 0.3) is 6.08 Å². The Balaban J connectivity index is 1.99. The molecule has 0 saturated carbocycles. The topological polar surface area (TPSA) is 70.9 Å². The van der Waals surface area contributed by atoms with Crippen molar-refractivity contribution < 1.29 is 9.21 Å². The maximum atomic E-state index is 11.7. The van der Waals surface area contributed by atoms with Crippen molar-refractivity contribution in [1.82, 2.24) is 10.2 Å². The molecule has 0 aliphatic heterocycles. The number of rotatable bonds is 4. The summed E-state index contributed by atoms with van der Waals surface area (Å²) in [4.78, 5) is 11.7.